The summed E-state index contributed by atoms with van der Waals surface area (Å²) in [6.45, 7) is 6.66. The Morgan fingerprint density at radius 3 is 2.80 bits per heavy atom. The number of piperidine rings is 1. The van der Waals surface area contributed by atoms with Crippen LogP contribution in [0.15, 0.2) is 24.3 Å². The Bertz CT molecular complexity index is 446. The van der Waals surface area contributed by atoms with Crippen LogP contribution in [0.4, 0.5) is 4.39 Å². The molecule has 110 valence electrons. The van der Waals surface area contributed by atoms with Gasteiger partial charge < -0.3 is 10.2 Å². The van der Waals surface area contributed by atoms with Crippen LogP contribution in [0.2, 0.25) is 0 Å². The average molecular weight is 278 g/mol. The molecule has 2 rings (SSSR count). The summed E-state index contributed by atoms with van der Waals surface area (Å²) >= 11 is 0. The van der Waals surface area contributed by atoms with Crippen LogP contribution in [0, 0.1) is 5.82 Å². The molecule has 1 aromatic carbocycles. The van der Waals surface area contributed by atoms with Crippen molar-refractivity contribution in [2.75, 3.05) is 19.6 Å². The minimum absolute atomic E-state index is 0.0448. The van der Waals surface area contributed by atoms with Crippen molar-refractivity contribution < 1.29 is 9.18 Å². The maximum Gasteiger partial charge on any atom is 0.217 e. The van der Waals surface area contributed by atoms with E-state index in [0.717, 1.165) is 38.0 Å². The summed E-state index contributed by atoms with van der Waals surface area (Å²) in [7, 11) is 0. The van der Waals surface area contributed by atoms with Crippen molar-refractivity contribution in [3.8, 4) is 0 Å². The molecule has 1 aliphatic rings. The van der Waals surface area contributed by atoms with E-state index in [-0.39, 0.29) is 17.8 Å². The molecular weight excluding hydrogens is 255 g/mol. The lowest BCUT2D eigenvalue weighted by Crippen LogP contribution is -2.47. The number of hydrogen-bond donors (Lipinski definition) is 1. The average Bonchev–Trinajstić information content (AvgIpc) is 2.39. The first-order chi connectivity index (χ1) is 9.54. The highest BCUT2D eigenvalue weighted by Gasteiger charge is 2.21. The van der Waals surface area contributed by atoms with Gasteiger partial charge in [-0.3, -0.25) is 4.79 Å². The number of rotatable bonds is 4. The van der Waals surface area contributed by atoms with Crippen molar-refractivity contribution in [1.82, 2.24) is 10.2 Å². The molecule has 0 unspecified atom stereocenters. The van der Waals surface area contributed by atoms with E-state index >= 15 is 0 Å². The van der Waals surface area contributed by atoms with Crippen LogP contribution in [-0.4, -0.2) is 36.5 Å². The maximum absolute atomic E-state index is 12.9. The number of likely N-dealkylation sites (tertiary alicyclic amines) is 1. The Morgan fingerprint density at radius 1 is 1.45 bits per heavy atom. The molecule has 0 radical (unpaired) electrons. The molecule has 0 bridgehead atoms. The molecule has 0 saturated carbocycles. The van der Waals surface area contributed by atoms with Gasteiger partial charge in [0.15, 0.2) is 0 Å². The summed E-state index contributed by atoms with van der Waals surface area (Å²) in [5.41, 5.74) is 1.16. The predicted octanol–water partition coefficient (Wildman–Crippen LogP) is 2.53. The number of halogens is 1. The molecule has 0 aromatic heterocycles. The van der Waals surface area contributed by atoms with Crippen molar-refractivity contribution in [3.63, 3.8) is 0 Å². The van der Waals surface area contributed by atoms with Crippen molar-refractivity contribution in [2.45, 2.75) is 38.6 Å². The standard InChI is InChI=1S/C16H23FN2O/c1-12(14-5-7-15(17)8-6-14)10-19-9-3-4-16(11-19)18-13(2)20/h5-8,12,16H,3-4,9-11H2,1-2H3,(H,18,20)/t12-,16-/m0/s1. The first-order valence-corrected chi connectivity index (χ1v) is 7.29. The van der Waals surface area contributed by atoms with Gasteiger partial charge in [0, 0.05) is 26.1 Å². The molecule has 1 amide bonds. The quantitative estimate of drug-likeness (QED) is 0.918. The summed E-state index contributed by atoms with van der Waals surface area (Å²) in [6.07, 6.45) is 2.17. The molecule has 1 saturated heterocycles. The number of benzene rings is 1. The van der Waals surface area contributed by atoms with E-state index in [4.69, 9.17) is 0 Å². The van der Waals surface area contributed by atoms with Crippen LogP contribution in [0.3, 0.4) is 0 Å². The van der Waals surface area contributed by atoms with Crippen LogP contribution < -0.4 is 5.32 Å². The van der Waals surface area contributed by atoms with Gasteiger partial charge in [-0.1, -0.05) is 19.1 Å². The van der Waals surface area contributed by atoms with E-state index in [1.165, 1.54) is 12.1 Å². The van der Waals surface area contributed by atoms with Crippen LogP contribution in [-0.2, 0) is 4.79 Å². The lowest BCUT2D eigenvalue weighted by Gasteiger charge is -2.34. The van der Waals surface area contributed by atoms with Gasteiger partial charge in [0.2, 0.25) is 5.91 Å². The lowest BCUT2D eigenvalue weighted by atomic mass is 9.98. The van der Waals surface area contributed by atoms with Crippen molar-refractivity contribution in [1.29, 1.82) is 0 Å². The Labute approximate surface area is 120 Å². The molecule has 1 N–H and O–H groups in total. The third kappa shape index (κ3) is 4.30. The van der Waals surface area contributed by atoms with E-state index < -0.39 is 0 Å². The van der Waals surface area contributed by atoms with Crippen molar-refractivity contribution >= 4 is 5.91 Å². The highest BCUT2D eigenvalue weighted by Crippen LogP contribution is 2.19. The molecular formula is C16H23FN2O. The number of carbonyl (C=O) groups excluding carboxylic acids is 1. The molecule has 1 fully saturated rings. The lowest BCUT2D eigenvalue weighted by molar-refractivity contribution is -0.120. The SMILES string of the molecule is CC(=O)N[C@H]1CCCN(C[C@H](C)c2ccc(F)cc2)C1. The first-order valence-electron chi connectivity index (χ1n) is 7.29. The van der Waals surface area contributed by atoms with Gasteiger partial charge in [0.1, 0.15) is 5.82 Å². The summed E-state index contributed by atoms with van der Waals surface area (Å²) in [6, 6.07) is 7.01. The minimum Gasteiger partial charge on any atom is -0.352 e. The van der Waals surface area contributed by atoms with Crippen LogP contribution in [0.5, 0.6) is 0 Å². The van der Waals surface area contributed by atoms with Gasteiger partial charge in [-0.2, -0.15) is 0 Å². The van der Waals surface area contributed by atoms with Gasteiger partial charge in [-0.05, 0) is 43.0 Å². The van der Waals surface area contributed by atoms with Crippen LogP contribution >= 0.6 is 0 Å². The summed E-state index contributed by atoms with van der Waals surface area (Å²) in [4.78, 5) is 13.5. The van der Waals surface area contributed by atoms with E-state index in [0.29, 0.717) is 5.92 Å². The molecule has 20 heavy (non-hydrogen) atoms. The number of nitrogens with zero attached hydrogens (tertiary/aromatic N) is 1. The van der Waals surface area contributed by atoms with Crippen LogP contribution in [0.25, 0.3) is 0 Å². The second-order valence-electron chi connectivity index (χ2n) is 5.75. The largest absolute Gasteiger partial charge is 0.352 e. The van der Waals surface area contributed by atoms with E-state index in [1.807, 2.05) is 12.1 Å². The maximum atomic E-state index is 12.9. The monoisotopic (exact) mass is 278 g/mol. The van der Waals surface area contributed by atoms with Gasteiger partial charge >= 0.3 is 0 Å². The zero-order chi connectivity index (χ0) is 14.5. The fraction of sp³-hybridized carbons (Fsp3) is 0.562. The molecule has 1 heterocycles. The fourth-order valence-electron chi connectivity index (χ4n) is 2.91. The molecule has 3 nitrogen and oxygen atoms in total. The highest BCUT2D eigenvalue weighted by atomic mass is 19.1. The van der Waals surface area contributed by atoms with E-state index in [9.17, 15) is 9.18 Å². The zero-order valence-electron chi connectivity index (χ0n) is 12.2. The van der Waals surface area contributed by atoms with Gasteiger partial charge in [0.05, 0.1) is 0 Å². The van der Waals surface area contributed by atoms with Crippen LogP contribution in [0.1, 0.15) is 38.2 Å². The predicted molar refractivity (Wildman–Crippen MR) is 78.1 cm³/mol. The number of carbonyl (C=O) groups is 1. The molecule has 0 spiro atoms. The Morgan fingerprint density at radius 2 is 2.15 bits per heavy atom. The van der Waals surface area contributed by atoms with Gasteiger partial charge in [-0.15, -0.1) is 0 Å². The van der Waals surface area contributed by atoms with Gasteiger partial charge in [-0.25, -0.2) is 4.39 Å². The molecule has 0 aliphatic carbocycles. The second-order valence-corrected chi connectivity index (χ2v) is 5.75. The highest BCUT2D eigenvalue weighted by molar-refractivity contribution is 5.73. The Hall–Kier alpha value is -1.42. The van der Waals surface area contributed by atoms with Crippen molar-refractivity contribution in [3.05, 3.63) is 35.6 Å². The second kappa shape index (κ2) is 6.84. The van der Waals surface area contributed by atoms with Crippen molar-refractivity contribution in [2.24, 2.45) is 0 Å². The molecule has 4 heteroatoms. The first kappa shape index (κ1) is 15.0. The number of nitrogens with one attached hydrogen (secondary N) is 1. The topological polar surface area (TPSA) is 32.3 Å². The summed E-state index contributed by atoms with van der Waals surface area (Å²) < 4.78 is 12.9. The molecule has 1 aliphatic heterocycles. The third-order valence-corrected chi connectivity index (χ3v) is 3.88. The van der Waals surface area contributed by atoms with E-state index in [1.54, 1.807) is 6.92 Å². The Kier molecular flexibility index (Phi) is 5.12. The fourth-order valence-corrected chi connectivity index (χ4v) is 2.91. The van der Waals surface area contributed by atoms with Gasteiger partial charge in [0.25, 0.3) is 0 Å². The minimum atomic E-state index is -0.190. The normalized spacial score (nSPS) is 21.4. The number of hydrogen-bond acceptors (Lipinski definition) is 2. The third-order valence-electron chi connectivity index (χ3n) is 3.88. The smallest absolute Gasteiger partial charge is 0.217 e. The Balaban J connectivity index is 1.88. The number of amides is 1. The zero-order valence-corrected chi connectivity index (χ0v) is 12.2. The molecule has 1 aromatic rings. The van der Waals surface area contributed by atoms with E-state index in [2.05, 4.69) is 17.1 Å². The molecule has 2 atom stereocenters. The summed E-state index contributed by atoms with van der Waals surface area (Å²) in [5.74, 6) is 0.222. The summed E-state index contributed by atoms with van der Waals surface area (Å²) in [5, 5.41) is 3.00.